The lowest BCUT2D eigenvalue weighted by Crippen LogP contribution is -2.41. The molecule has 1 aromatic carbocycles. The molecule has 2 saturated heterocycles. The summed E-state index contributed by atoms with van der Waals surface area (Å²) in [5.74, 6) is -0.108. The maximum atomic E-state index is 12.4. The van der Waals surface area contributed by atoms with Crippen LogP contribution in [0.2, 0.25) is 0 Å². The van der Waals surface area contributed by atoms with Crippen LogP contribution in [0.1, 0.15) is 38.7 Å². The van der Waals surface area contributed by atoms with Gasteiger partial charge in [-0.05, 0) is 62.9 Å². The van der Waals surface area contributed by atoms with Gasteiger partial charge in [-0.2, -0.15) is 0 Å². The van der Waals surface area contributed by atoms with Crippen molar-refractivity contribution < 1.29 is 19.4 Å². The molecule has 0 atom stereocenters. The highest BCUT2D eigenvalue weighted by atomic mass is 16.5. The molecule has 0 aliphatic carbocycles. The Balaban J connectivity index is 1.48. The fraction of sp³-hybridized carbons (Fsp3) is 0.545. The van der Waals surface area contributed by atoms with Crippen molar-refractivity contribution >= 4 is 11.9 Å². The molecule has 2 aliphatic heterocycles. The third-order valence-corrected chi connectivity index (χ3v) is 5.73. The first-order chi connectivity index (χ1) is 13.3. The van der Waals surface area contributed by atoms with E-state index in [9.17, 15) is 9.59 Å². The Morgan fingerprint density at radius 2 is 1.89 bits per heavy atom. The van der Waals surface area contributed by atoms with Crippen LogP contribution in [0.15, 0.2) is 35.9 Å². The molecule has 0 saturated carbocycles. The number of ether oxygens (including phenoxy) is 1. The smallest absolute Gasteiger partial charge is 0.341 e. The average Bonchev–Trinajstić information content (AvgIpc) is 2.96. The molecule has 3 rings (SSSR count). The fourth-order valence-electron chi connectivity index (χ4n) is 4.06. The number of amides is 1. The predicted molar refractivity (Wildman–Crippen MR) is 107 cm³/mol. The Kier molecular flexibility index (Phi) is 6.39. The van der Waals surface area contributed by atoms with E-state index in [1.54, 1.807) is 0 Å². The summed E-state index contributed by atoms with van der Waals surface area (Å²) in [5, 5.41) is 8.66. The first-order valence-corrected chi connectivity index (χ1v) is 9.92. The maximum Gasteiger partial charge on any atom is 0.341 e. The minimum Gasteiger partial charge on any atom is -0.482 e. The highest BCUT2D eigenvalue weighted by molar-refractivity contribution is 5.79. The fourth-order valence-corrected chi connectivity index (χ4v) is 4.06. The SMILES string of the molecule is CC(C)=CCN1CC2(CCN(Cc3ccc(OCC(=O)O)cc3)CC2)CC1=O. The van der Waals surface area contributed by atoms with Crippen molar-refractivity contribution in [3.63, 3.8) is 0 Å². The van der Waals surface area contributed by atoms with Gasteiger partial charge in [-0.1, -0.05) is 23.8 Å². The third kappa shape index (κ3) is 5.35. The topological polar surface area (TPSA) is 70.1 Å². The molecule has 1 N–H and O–H groups in total. The molecule has 1 amide bonds. The van der Waals surface area contributed by atoms with E-state index in [0.29, 0.717) is 18.1 Å². The first-order valence-electron chi connectivity index (χ1n) is 9.92. The second kappa shape index (κ2) is 8.78. The Bertz CT molecular complexity index is 729. The molecular weight excluding hydrogens is 356 g/mol. The number of benzene rings is 1. The van der Waals surface area contributed by atoms with Crippen molar-refractivity contribution in [2.24, 2.45) is 5.41 Å². The Hall–Kier alpha value is -2.34. The number of carboxylic acids is 1. The van der Waals surface area contributed by atoms with E-state index in [4.69, 9.17) is 9.84 Å². The van der Waals surface area contributed by atoms with Crippen molar-refractivity contribution in [3.05, 3.63) is 41.5 Å². The number of hydrogen-bond acceptors (Lipinski definition) is 4. The van der Waals surface area contributed by atoms with Gasteiger partial charge in [-0.3, -0.25) is 9.69 Å². The van der Waals surface area contributed by atoms with Gasteiger partial charge in [0.1, 0.15) is 5.75 Å². The number of hydrogen-bond donors (Lipinski definition) is 1. The molecule has 28 heavy (non-hydrogen) atoms. The lowest BCUT2D eigenvalue weighted by molar-refractivity contribution is -0.139. The van der Waals surface area contributed by atoms with E-state index in [1.807, 2.05) is 29.2 Å². The van der Waals surface area contributed by atoms with E-state index in [-0.39, 0.29) is 12.0 Å². The summed E-state index contributed by atoms with van der Waals surface area (Å²) >= 11 is 0. The van der Waals surface area contributed by atoms with Gasteiger partial charge in [0.25, 0.3) is 0 Å². The molecule has 2 aliphatic rings. The highest BCUT2D eigenvalue weighted by Crippen LogP contribution is 2.41. The van der Waals surface area contributed by atoms with Gasteiger partial charge < -0.3 is 14.7 Å². The second-order valence-corrected chi connectivity index (χ2v) is 8.34. The maximum absolute atomic E-state index is 12.4. The Labute approximate surface area is 166 Å². The van der Waals surface area contributed by atoms with E-state index in [2.05, 4.69) is 24.8 Å². The normalized spacial score (nSPS) is 19.1. The largest absolute Gasteiger partial charge is 0.482 e. The Morgan fingerprint density at radius 1 is 1.21 bits per heavy atom. The minimum atomic E-state index is -0.976. The molecule has 6 heteroatoms. The quantitative estimate of drug-likeness (QED) is 0.730. The van der Waals surface area contributed by atoms with Crippen molar-refractivity contribution in [1.82, 2.24) is 9.80 Å². The van der Waals surface area contributed by atoms with E-state index < -0.39 is 5.97 Å². The zero-order valence-electron chi connectivity index (χ0n) is 16.8. The summed E-state index contributed by atoms with van der Waals surface area (Å²) in [6, 6.07) is 7.62. The van der Waals surface area contributed by atoms with Gasteiger partial charge >= 0.3 is 5.97 Å². The number of rotatable bonds is 7. The molecule has 152 valence electrons. The summed E-state index contributed by atoms with van der Waals surface area (Å²) in [6.45, 7) is 8.31. The molecule has 2 fully saturated rings. The lowest BCUT2D eigenvalue weighted by atomic mass is 9.77. The first kappa shape index (κ1) is 20.4. The van der Waals surface area contributed by atoms with Gasteiger partial charge in [-0.15, -0.1) is 0 Å². The predicted octanol–water partition coefficient (Wildman–Crippen LogP) is 2.93. The summed E-state index contributed by atoms with van der Waals surface area (Å²) in [5.41, 5.74) is 2.59. The van der Waals surface area contributed by atoms with Crippen LogP contribution in [0.5, 0.6) is 5.75 Å². The molecule has 0 radical (unpaired) electrons. The standard InChI is InChI=1S/C22H30N2O4/c1-17(2)7-10-24-16-22(13-20(24)25)8-11-23(12-9-22)14-18-3-5-19(6-4-18)28-15-21(26)27/h3-7H,8-16H2,1-2H3,(H,26,27). The Morgan fingerprint density at radius 3 is 2.50 bits per heavy atom. The van der Waals surface area contributed by atoms with Gasteiger partial charge in [0.05, 0.1) is 0 Å². The van der Waals surface area contributed by atoms with Crippen LogP contribution in [0.4, 0.5) is 0 Å². The zero-order chi connectivity index (χ0) is 20.1. The van der Waals surface area contributed by atoms with Crippen LogP contribution < -0.4 is 4.74 Å². The number of carbonyl (C=O) groups excluding carboxylic acids is 1. The summed E-state index contributed by atoms with van der Waals surface area (Å²) < 4.78 is 5.18. The third-order valence-electron chi connectivity index (χ3n) is 5.73. The zero-order valence-corrected chi connectivity index (χ0v) is 16.8. The van der Waals surface area contributed by atoms with Crippen molar-refractivity contribution in [3.8, 4) is 5.75 Å². The number of carboxylic acid groups (broad SMARTS) is 1. The summed E-state index contributed by atoms with van der Waals surface area (Å²) in [4.78, 5) is 27.4. The van der Waals surface area contributed by atoms with E-state index in [0.717, 1.165) is 45.6 Å². The molecular formula is C22H30N2O4. The summed E-state index contributed by atoms with van der Waals surface area (Å²) in [7, 11) is 0. The molecule has 0 unspecified atom stereocenters. The van der Waals surface area contributed by atoms with Crippen LogP contribution in [0, 0.1) is 5.41 Å². The van der Waals surface area contributed by atoms with Gasteiger partial charge in [-0.25, -0.2) is 4.79 Å². The average molecular weight is 386 g/mol. The van der Waals surface area contributed by atoms with Crippen LogP contribution in [-0.2, 0) is 16.1 Å². The number of allylic oxidation sites excluding steroid dienone is 1. The number of aliphatic carboxylic acids is 1. The number of piperidine rings is 1. The minimum absolute atomic E-state index is 0.150. The van der Waals surface area contributed by atoms with Gasteiger partial charge in [0.2, 0.25) is 5.91 Å². The summed E-state index contributed by atoms with van der Waals surface area (Å²) in [6.07, 6.45) is 4.94. The number of likely N-dealkylation sites (tertiary alicyclic amines) is 2. The van der Waals surface area contributed by atoms with Crippen LogP contribution >= 0.6 is 0 Å². The molecule has 6 nitrogen and oxygen atoms in total. The van der Waals surface area contributed by atoms with Crippen molar-refractivity contribution in [2.45, 2.75) is 39.7 Å². The van der Waals surface area contributed by atoms with Crippen LogP contribution in [-0.4, -0.2) is 59.6 Å². The molecule has 2 heterocycles. The van der Waals surface area contributed by atoms with Crippen molar-refractivity contribution in [1.29, 1.82) is 0 Å². The molecule has 1 spiro atoms. The highest BCUT2D eigenvalue weighted by Gasteiger charge is 2.44. The van der Waals surface area contributed by atoms with Gasteiger partial charge in [0.15, 0.2) is 6.61 Å². The van der Waals surface area contributed by atoms with Crippen molar-refractivity contribution in [2.75, 3.05) is 32.8 Å². The second-order valence-electron chi connectivity index (χ2n) is 8.34. The van der Waals surface area contributed by atoms with E-state index in [1.165, 1.54) is 11.1 Å². The molecule has 0 bridgehead atoms. The molecule has 0 aromatic heterocycles. The van der Waals surface area contributed by atoms with Crippen LogP contribution in [0.3, 0.4) is 0 Å². The van der Waals surface area contributed by atoms with E-state index >= 15 is 0 Å². The van der Waals surface area contributed by atoms with Gasteiger partial charge in [0, 0.05) is 26.1 Å². The number of nitrogens with zero attached hydrogens (tertiary/aromatic N) is 2. The number of carbonyl (C=O) groups is 2. The lowest BCUT2D eigenvalue weighted by Gasteiger charge is -2.38. The monoisotopic (exact) mass is 386 g/mol. The van der Waals surface area contributed by atoms with Crippen LogP contribution in [0.25, 0.3) is 0 Å². The molecule has 1 aromatic rings.